The van der Waals surface area contributed by atoms with Crippen LogP contribution in [0, 0.1) is 17.2 Å². The average Bonchev–Trinajstić information content (AvgIpc) is 2.87. The normalized spacial score (nSPS) is 22.2. The summed E-state index contributed by atoms with van der Waals surface area (Å²) in [6.45, 7) is 0. The Morgan fingerprint density at radius 3 is 2.72 bits per heavy atom. The van der Waals surface area contributed by atoms with E-state index in [0.717, 1.165) is 24.9 Å². The van der Waals surface area contributed by atoms with Crippen molar-refractivity contribution in [3.8, 4) is 6.07 Å². The van der Waals surface area contributed by atoms with E-state index in [0.29, 0.717) is 11.6 Å². The van der Waals surface area contributed by atoms with Crippen molar-refractivity contribution in [3.05, 3.63) is 29.8 Å². The highest BCUT2D eigenvalue weighted by Gasteiger charge is 2.30. The van der Waals surface area contributed by atoms with Crippen molar-refractivity contribution >= 4 is 11.7 Å². The summed E-state index contributed by atoms with van der Waals surface area (Å²) in [5.41, 5.74) is 1.64. The van der Waals surface area contributed by atoms with Gasteiger partial charge in [-0.1, -0.05) is 0 Å². The molecule has 1 aliphatic carbocycles. The van der Waals surface area contributed by atoms with Crippen molar-refractivity contribution < 1.29 is 9.53 Å². The minimum Gasteiger partial charge on any atom is -0.469 e. The average molecular weight is 244 g/mol. The van der Waals surface area contributed by atoms with Crippen LogP contribution >= 0.6 is 0 Å². The molecule has 0 spiro atoms. The van der Waals surface area contributed by atoms with Crippen LogP contribution in [0.3, 0.4) is 0 Å². The number of anilines is 1. The van der Waals surface area contributed by atoms with Crippen molar-refractivity contribution in [2.24, 2.45) is 5.92 Å². The summed E-state index contributed by atoms with van der Waals surface area (Å²) in [5.74, 6) is -0.0926. The van der Waals surface area contributed by atoms with E-state index in [-0.39, 0.29) is 11.9 Å². The molecule has 4 heteroatoms. The number of benzene rings is 1. The number of hydrogen-bond acceptors (Lipinski definition) is 4. The molecule has 18 heavy (non-hydrogen) atoms. The maximum atomic E-state index is 11.4. The number of carbonyl (C=O) groups is 1. The number of esters is 1. The highest BCUT2D eigenvalue weighted by molar-refractivity contribution is 5.72. The highest BCUT2D eigenvalue weighted by Crippen LogP contribution is 2.29. The minimum absolute atomic E-state index is 0.0193. The summed E-state index contributed by atoms with van der Waals surface area (Å²) in [5, 5.41) is 12.1. The zero-order valence-electron chi connectivity index (χ0n) is 10.3. The lowest BCUT2D eigenvalue weighted by Crippen LogP contribution is -2.18. The van der Waals surface area contributed by atoms with E-state index in [1.165, 1.54) is 7.11 Å². The number of carbonyl (C=O) groups excluding carboxylic acids is 1. The quantitative estimate of drug-likeness (QED) is 0.829. The van der Waals surface area contributed by atoms with Crippen LogP contribution in [0.15, 0.2) is 24.3 Å². The Balaban J connectivity index is 1.91. The fourth-order valence-corrected chi connectivity index (χ4v) is 2.37. The van der Waals surface area contributed by atoms with Gasteiger partial charge in [-0.25, -0.2) is 0 Å². The maximum Gasteiger partial charge on any atom is 0.308 e. The van der Waals surface area contributed by atoms with Crippen molar-refractivity contribution in [1.82, 2.24) is 0 Å². The van der Waals surface area contributed by atoms with Crippen molar-refractivity contribution in [2.45, 2.75) is 25.3 Å². The van der Waals surface area contributed by atoms with Gasteiger partial charge in [0.15, 0.2) is 0 Å². The van der Waals surface area contributed by atoms with E-state index in [4.69, 9.17) is 10.00 Å². The Bertz CT molecular complexity index is 462. The monoisotopic (exact) mass is 244 g/mol. The molecule has 1 aliphatic rings. The fraction of sp³-hybridized carbons (Fsp3) is 0.429. The summed E-state index contributed by atoms with van der Waals surface area (Å²) >= 11 is 0. The van der Waals surface area contributed by atoms with Gasteiger partial charge in [0, 0.05) is 11.7 Å². The van der Waals surface area contributed by atoms with Crippen LogP contribution in [-0.2, 0) is 9.53 Å². The summed E-state index contributed by atoms with van der Waals surface area (Å²) in [6.07, 6.45) is 2.66. The standard InChI is InChI=1S/C14H16N2O2/c1-18-14(17)11-4-7-13(8-11)16-12-5-2-10(9-15)3-6-12/h2-3,5-6,11,13,16H,4,7-8H2,1H3/t11-,13+/m0/s1. The molecule has 4 nitrogen and oxygen atoms in total. The topological polar surface area (TPSA) is 62.1 Å². The maximum absolute atomic E-state index is 11.4. The van der Waals surface area contributed by atoms with Crippen LogP contribution in [-0.4, -0.2) is 19.1 Å². The second kappa shape index (κ2) is 5.54. The molecule has 1 aromatic rings. The molecule has 0 saturated heterocycles. The van der Waals surface area contributed by atoms with Gasteiger partial charge in [0.1, 0.15) is 0 Å². The van der Waals surface area contributed by atoms with Gasteiger partial charge in [-0.2, -0.15) is 5.26 Å². The number of methoxy groups -OCH3 is 1. The van der Waals surface area contributed by atoms with Crippen LogP contribution in [0.5, 0.6) is 0 Å². The van der Waals surface area contributed by atoms with Crippen LogP contribution in [0.1, 0.15) is 24.8 Å². The third-order valence-corrected chi connectivity index (χ3v) is 3.35. The van der Waals surface area contributed by atoms with Crippen LogP contribution in [0.25, 0.3) is 0 Å². The van der Waals surface area contributed by atoms with Gasteiger partial charge in [-0.3, -0.25) is 4.79 Å². The lowest BCUT2D eigenvalue weighted by Gasteiger charge is -2.14. The van der Waals surface area contributed by atoms with E-state index in [9.17, 15) is 4.79 Å². The first-order valence-corrected chi connectivity index (χ1v) is 6.07. The molecule has 0 aliphatic heterocycles. The van der Waals surface area contributed by atoms with Gasteiger partial charge in [-0.15, -0.1) is 0 Å². The predicted molar refractivity (Wildman–Crippen MR) is 67.9 cm³/mol. The smallest absolute Gasteiger partial charge is 0.308 e. The van der Waals surface area contributed by atoms with E-state index in [1.54, 1.807) is 12.1 Å². The molecule has 1 fully saturated rings. The van der Waals surface area contributed by atoms with E-state index < -0.39 is 0 Å². The van der Waals surface area contributed by atoms with Gasteiger partial charge >= 0.3 is 5.97 Å². The Hall–Kier alpha value is -2.02. The SMILES string of the molecule is COC(=O)[C@H]1CC[C@@H](Nc2ccc(C#N)cc2)C1. The number of ether oxygens (including phenoxy) is 1. The Labute approximate surface area is 107 Å². The van der Waals surface area contributed by atoms with Crippen LogP contribution in [0.2, 0.25) is 0 Å². The molecule has 94 valence electrons. The molecule has 0 unspecified atom stereocenters. The van der Waals surface area contributed by atoms with E-state index >= 15 is 0 Å². The molecule has 1 N–H and O–H groups in total. The molecule has 0 heterocycles. The minimum atomic E-state index is -0.112. The van der Waals surface area contributed by atoms with Gasteiger partial charge in [0.2, 0.25) is 0 Å². The molecule has 0 bridgehead atoms. The van der Waals surface area contributed by atoms with E-state index in [1.807, 2.05) is 12.1 Å². The first-order chi connectivity index (χ1) is 8.72. The summed E-state index contributed by atoms with van der Waals surface area (Å²) < 4.78 is 4.76. The molecule has 1 aromatic carbocycles. The highest BCUT2D eigenvalue weighted by atomic mass is 16.5. The van der Waals surface area contributed by atoms with Crippen molar-refractivity contribution in [2.75, 3.05) is 12.4 Å². The fourth-order valence-electron chi connectivity index (χ4n) is 2.37. The number of hydrogen-bond donors (Lipinski definition) is 1. The second-order valence-corrected chi connectivity index (χ2v) is 4.56. The number of rotatable bonds is 3. The Kier molecular flexibility index (Phi) is 3.83. The van der Waals surface area contributed by atoms with Gasteiger partial charge in [0.05, 0.1) is 24.7 Å². The zero-order valence-corrected chi connectivity index (χ0v) is 10.3. The lowest BCUT2D eigenvalue weighted by atomic mass is 10.1. The summed E-state index contributed by atoms with van der Waals surface area (Å²) in [7, 11) is 1.43. The first kappa shape index (κ1) is 12.4. The number of nitrogens with one attached hydrogen (secondary N) is 1. The van der Waals surface area contributed by atoms with E-state index in [2.05, 4.69) is 11.4 Å². The predicted octanol–water partition coefficient (Wildman–Crippen LogP) is 2.31. The Morgan fingerprint density at radius 1 is 1.39 bits per heavy atom. The Morgan fingerprint density at radius 2 is 2.11 bits per heavy atom. The van der Waals surface area contributed by atoms with Crippen LogP contribution < -0.4 is 5.32 Å². The largest absolute Gasteiger partial charge is 0.469 e. The van der Waals surface area contributed by atoms with Crippen molar-refractivity contribution in [1.29, 1.82) is 5.26 Å². The molecule has 0 aromatic heterocycles. The van der Waals surface area contributed by atoms with Gasteiger partial charge in [-0.05, 0) is 43.5 Å². The molecule has 2 rings (SSSR count). The van der Waals surface area contributed by atoms with Gasteiger partial charge in [0.25, 0.3) is 0 Å². The summed E-state index contributed by atoms with van der Waals surface area (Å²) in [4.78, 5) is 11.4. The molecular weight excluding hydrogens is 228 g/mol. The molecule has 0 amide bonds. The molecule has 2 atom stereocenters. The lowest BCUT2D eigenvalue weighted by molar-refractivity contribution is -0.145. The molecule has 0 radical (unpaired) electrons. The third-order valence-electron chi connectivity index (χ3n) is 3.35. The summed E-state index contributed by atoms with van der Waals surface area (Å²) in [6, 6.07) is 9.76. The second-order valence-electron chi connectivity index (χ2n) is 4.56. The van der Waals surface area contributed by atoms with Gasteiger partial charge < -0.3 is 10.1 Å². The van der Waals surface area contributed by atoms with Crippen LogP contribution in [0.4, 0.5) is 5.69 Å². The molecular formula is C14H16N2O2. The number of nitrogens with zero attached hydrogens (tertiary/aromatic N) is 1. The molecule has 1 saturated carbocycles. The first-order valence-electron chi connectivity index (χ1n) is 6.07. The zero-order chi connectivity index (χ0) is 13.0. The number of nitriles is 1. The third kappa shape index (κ3) is 2.80. The van der Waals surface area contributed by atoms with Crippen molar-refractivity contribution in [3.63, 3.8) is 0 Å².